The van der Waals surface area contributed by atoms with Gasteiger partial charge in [-0.15, -0.1) is 0 Å². The van der Waals surface area contributed by atoms with Gasteiger partial charge >= 0.3 is 0 Å². The van der Waals surface area contributed by atoms with Gasteiger partial charge in [-0.2, -0.15) is 0 Å². The fraction of sp³-hybridized carbons (Fsp3) is 0.900. The van der Waals surface area contributed by atoms with Gasteiger partial charge in [-0.25, -0.2) is 0 Å². The van der Waals surface area contributed by atoms with E-state index in [2.05, 4.69) is 0 Å². The van der Waals surface area contributed by atoms with Crippen molar-refractivity contribution in [3.63, 3.8) is 0 Å². The van der Waals surface area contributed by atoms with E-state index in [-0.39, 0.29) is 47.5 Å². The normalized spacial score (nSPS) is 6.90. The number of aliphatic hydroxyl groups excluding tert-OH is 4. The monoisotopic (exact) mass is 499 g/mol. The van der Waals surface area contributed by atoms with Crippen LogP contribution in [0.1, 0.15) is 6.92 Å². The molecule has 10 nitrogen and oxygen atoms in total. The van der Waals surface area contributed by atoms with Crippen LogP contribution in [-0.2, 0) is 25.9 Å². The Balaban J connectivity index is -0.0000000331. The van der Waals surface area contributed by atoms with Gasteiger partial charge in [0.25, 0.3) is 5.97 Å². The second kappa shape index (κ2) is 59.9. The molecule has 0 aromatic heterocycles. The van der Waals surface area contributed by atoms with E-state index in [1.165, 1.54) is 0 Å². The van der Waals surface area contributed by atoms with E-state index in [1.54, 1.807) is 0 Å². The maximum Gasteiger partial charge on any atom is 0.300 e. The predicted octanol–water partition coefficient (Wildman–Crippen LogP) is -4.16. The third-order valence-electron chi connectivity index (χ3n) is 0.516. The molecular formula is C10H32N4O6Pt. The molecule has 0 saturated carbocycles. The van der Waals surface area contributed by atoms with E-state index in [4.69, 9.17) is 53.3 Å². The van der Waals surface area contributed by atoms with E-state index in [9.17, 15) is 0 Å². The summed E-state index contributed by atoms with van der Waals surface area (Å²) >= 11 is 0. The Bertz CT molecular complexity index is 110. The van der Waals surface area contributed by atoms with Crippen LogP contribution in [0.3, 0.4) is 0 Å². The maximum absolute atomic E-state index is 9.00. The minimum atomic E-state index is -0.833. The van der Waals surface area contributed by atoms with Gasteiger partial charge in [-0.3, -0.25) is 4.79 Å². The summed E-state index contributed by atoms with van der Waals surface area (Å²) in [6.07, 6.45) is 0. The first kappa shape index (κ1) is 37.2. The zero-order valence-electron chi connectivity index (χ0n) is 12.4. The van der Waals surface area contributed by atoms with Crippen LogP contribution in [-0.4, -0.2) is 84.1 Å². The Labute approximate surface area is 140 Å². The number of nitrogens with two attached hydrogens (primary N) is 4. The van der Waals surface area contributed by atoms with Crippen LogP contribution < -0.4 is 22.9 Å². The Morgan fingerprint density at radius 1 is 0.714 bits per heavy atom. The second-order valence-electron chi connectivity index (χ2n) is 2.57. The first-order valence-corrected chi connectivity index (χ1v) is 5.83. The molecule has 11 heteroatoms. The number of hydrogen-bond donors (Lipinski definition) is 9. The predicted molar refractivity (Wildman–Crippen MR) is 77.9 cm³/mol. The molecular weight excluding hydrogens is 467 g/mol. The summed E-state index contributed by atoms with van der Waals surface area (Å²) in [4.78, 5) is 9.00. The summed E-state index contributed by atoms with van der Waals surface area (Å²) in [6.45, 7) is 2.97. The van der Waals surface area contributed by atoms with Gasteiger partial charge < -0.3 is 48.5 Å². The van der Waals surface area contributed by atoms with E-state index >= 15 is 0 Å². The fourth-order valence-electron chi connectivity index (χ4n) is 0. The molecule has 0 fully saturated rings. The Hall–Kier alpha value is -0.162. The zero-order chi connectivity index (χ0) is 17.2. The van der Waals surface area contributed by atoms with Gasteiger partial charge in [-0.1, -0.05) is 0 Å². The van der Waals surface area contributed by atoms with E-state index < -0.39 is 5.97 Å². The molecule has 0 rings (SSSR count). The van der Waals surface area contributed by atoms with Gasteiger partial charge in [0.15, 0.2) is 0 Å². The molecule has 0 amide bonds. The van der Waals surface area contributed by atoms with Crippen LogP contribution in [0.15, 0.2) is 0 Å². The minimum Gasteiger partial charge on any atom is -0.481 e. The number of aliphatic carboxylic acids is 1. The Kier molecular flexibility index (Phi) is 106. The zero-order valence-corrected chi connectivity index (χ0v) is 14.7. The molecule has 0 aliphatic heterocycles. The summed E-state index contributed by atoms with van der Waals surface area (Å²) in [5.41, 5.74) is 19.1. The summed E-state index contributed by atoms with van der Waals surface area (Å²) in [6, 6.07) is 0. The molecule has 0 radical (unpaired) electrons. The van der Waals surface area contributed by atoms with Crippen LogP contribution in [0.2, 0.25) is 0 Å². The van der Waals surface area contributed by atoms with Crippen molar-refractivity contribution >= 4 is 5.97 Å². The average molecular weight is 499 g/mol. The molecule has 0 atom stereocenters. The third kappa shape index (κ3) is 428. The number of aliphatic hydroxyl groups is 4. The van der Waals surface area contributed by atoms with Crippen molar-refractivity contribution in [2.45, 2.75) is 6.92 Å². The average Bonchev–Trinajstić information content (AvgIpc) is 2.47. The summed E-state index contributed by atoms with van der Waals surface area (Å²) < 4.78 is 0. The number of carbonyl (C=O) groups is 1. The van der Waals surface area contributed by atoms with Gasteiger partial charge in [0.05, 0.1) is 26.4 Å². The van der Waals surface area contributed by atoms with Crippen LogP contribution in [0.25, 0.3) is 0 Å². The first-order chi connectivity index (χ1) is 9.39. The van der Waals surface area contributed by atoms with Crippen LogP contribution in [0, 0.1) is 0 Å². The second-order valence-corrected chi connectivity index (χ2v) is 2.57. The van der Waals surface area contributed by atoms with Crippen molar-refractivity contribution in [2.75, 3.05) is 52.6 Å². The van der Waals surface area contributed by atoms with Crippen LogP contribution >= 0.6 is 0 Å². The number of carboxylic acids is 1. The van der Waals surface area contributed by atoms with Crippen molar-refractivity contribution < 1.29 is 51.4 Å². The molecule has 0 unspecified atom stereocenters. The number of carboxylic acid groups (broad SMARTS) is 1. The van der Waals surface area contributed by atoms with Gasteiger partial charge in [0.2, 0.25) is 0 Å². The molecule has 0 aromatic carbocycles. The van der Waals surface area contributed by atoms with Gasteiger partial charge in [0, 0.05) is 54.2 Å². The SMILES string of the molecule is CC(=O)O.NCCO.NCCO.NCCO.NCCO.[Pt]. The molecule has 0 aromatic rings. The van der Waals surface area contributed by atoms with Gasteiger partial charge in [-0.05, 0) is 0 Å². The largest absolute Gasteiger partial charge is 0.481 e. The van der Waals surface area contributed by atoms with Crippen molar-refractivity contribution in [1.82, 2.24) is 0 Å². The Morgan fingerprint density at radius 3 is 0.762 bits per heavy atom. The summed E-state index contributed by atoms with van der Waals surface area (Å²) in [5.74, 6) is -0.833. The summed E-state index contributed by atoms with van der Waals surface area (Å²) in [7, 11) is 0. The molecule has 0 spiro atoms. The molecule has 138 valence electrons. The smallest absolute Gasteiger partial charge is 0.300 e. The van der Waals surface area contributed by atoms with Crippen LogP contribution in [0.4, 0.5) is 0 Å². The quantitative estimate of drug-likeness (QED) is 0.182. The summed E-state index contributed by atoms with van der Waals surface area (Å²) in [5, 5.41) is 38.4. The standard InChI is InChI=1S/4C2H7NO.C2H4O2.Pt/c4*3-1-2-4;1-2(3)4;/h4*4H,1-3H2;1H3,(H,3,4);. The maximum atomic E-state index is 9.00. The molecule has 0 aliphatic rings. The fourth-order valence-corrected chi connectivity index (χ4v) is 0. The van der Waals surface area contributed by atoms with E-state index in [0.29, 0.717) is 26.2 Å². The van der Waals surface area contributed by atoms with E-state index in [0.717, 1.165) is 6.92 Å². The Morgan fingerprint density at radius 2 is 0.762 bits per heavy atom. The minimum absolute atomic E-state index is 0. The van der Waals surface area contributed by atoms with Gasteiger partial charge in [0.1, 0.15) is 0 Å². The molecule has 0 aliphatic carbocycles. The van der Waals surface area contributed by atoms with Crippen molar-refractivity contribution in [1.29, 1.82) is 0 Å². The number of rotatable bonds is 4. The van der Waals surface area contributed by atoms with Crippen molar-refractivity contribution in [3.8, 4) is 0 Å². The molecule has 13 N–H and O–H groups in total. The van der Waals surface area contributed by atoms with Crippen molar-refractivity contribution in [2.24, 2.45) is 22.9 Å². The third-order valence-corrected chi connectivity index (χ3v) is 0.516. The molecule has 0 bridgehead atoms. The molecule has 0 saturated heterocycles. The van der Waals surface area contributed by atoms with Crippen molar-refractivity contribution in [3.05, 3.63) is 0 Å². The number of hydrogen-bond acceptors (Lipinski definition) is 9. The van der Waals surface area contributed by atoms with E-state index in [1.807, 2.05) is 0 Å². The molecule has 0 heterocycles. The first-order valence-electron chi connectivity index (χ1n) is 5.83. The molecule has 21 heavy (non-hydrogen) atoms. The van der Waals surface area contributed by atoms with Crippen LogP contribution in [0.5, 0.6) is 0 Å². The topological polar surface area (TPSA) is 222 Å².